The molecule has 56 heavy (non-hydrogen) atoms. The molecule has 6 rings (SSSR count). The number of amides is 2. The monoisotopic (exact) mass is 767 g/mol. The Morgan fingerprint density at radius 1 is 0.804 bits per heavy atom. The first-order valence-electron chi connectivity index (χ1n) is 20.7. The predicted octanol–water partition coefficient (Wildman–Crippen LogP) is 7.98. The number of unbranched alkanes of at least 4 members (excludes halogenated alkanes) is 2. The van der Waals surface area contributed by atoms with E-state index in [2.05, 4.69) is 39.8 Å². The fourth-order valence-corrected chi connectivity index (χ4v) is 8.75. The van der Waals surface area contributed by atoms with Gasteiger partial charge in [0.2, 0.25) is 11.8 Å². The number of aliphatic hydroxyl groups excluding tert-OH is 1. The lowest BCUT2D eigenvalue weighted by molar-refractivity contribution is -0.255. The standard InChI is InChI=1S/C46H61N3O7/c1-46(2,3)48-44(54)40-24-23-33-12-7-8-16-39(33)49(40)29-38-27-41(34-21-19-31(30-50)20-22-34)56-45(55-38)37-15-10-14-36(26-37)35-13-9-11-32(25-35)28-47-42(51)17-5-4-6-18-43(52)53/h9-11,13-15,19-22,25-26,33,38-41,45,50H,4-8,12,16-18,23-24,27-30H2,1-3H3,(H,47,51)(H,48,54)(H,52,53)/t33-,38-,39-,40-,41+,45+/m1/s1. The normalized spacial score (nSPS) is 24.2. The van der Waals surface area contributed by atoms with Gasteiger partial charge in [0.15, 0.2) is 6.29 Å². The van der Waals surface area contributed by atoms with Crippen molar-refractivity contribution in [2.45, 2.75) is 147 Å². The number of piperidine rings is 1. The molecule has 0 spiro atoms. The van der Waals surface area contributed by atoms with Crippen LogP contribution in [0.15, 0.2) is 72.8 Å². The first kappa shape index (κ1) is 41.5. The number of carbonyl (C=O) groups is 3. The Morgan fingerprint density at radius 2 is 1.54 bits per heavy atom. The molecule has 0 radical (unpaired) electrons. The van der Waals surface area contributed by atoms with Crippen molar-refractivity contribution in [1.29, 1.82) is 0 Å². The fraction of sp³-hybridized carbons (Fsp3) is 0.543. The van der Waals surface area contributed by atoms with Crippen LogP contribution in [0, 0.1) is 5.92 Å². The average Bonchev–Trinajstić information content (AvgIpc) is 3.19. The molecule has 6 atom stereocenters. The molecule has 10 nitrogen and oxygen atoms in total. The molecule has 1 saturated carbocycles. The van der Waals surface area contributed by atoms with Gasteiger partial charge in [-0.15, -0.1) is 0 Å². The molecule has 3 aromatic carbocycles. The van der Waals surface area contributed by atoms with Crippen molar-refractivity contribution in [2.24, 2.45) is 5.92 Å². The molecule has 0 bridgehead atoms. The maximum absolute atomic E-state index is 13.8. The maximum atomic E-state index is 13.8. The van der Waals surface area contributed by atoms with Gasteiger partial charge in [0.25, 0.3) is 0 Å². The van der Waals surface area contributed by atoms with E-state index in [1.807, 2.05) is 69.3 Å². The summed E-state index contributed by atoms with van der Waals surface area (Å²) in [5.74, 6) is -0.155. The van der Waals surface area contributed by atoms with E-state index < -0.39 is 12.3 Å². The van der Waals surface area contributed by atoms with E-state index in [0.29, 0.717) is 57.2 Å². The van der Waals surface area contributed by atoms with Crippen molar-refractivity contribution >= 4 is 17.8 Å². The third-order valence-electron chi connectivity index (χ3n) is 11.5. The molecule has 3 aromatic rings. The van der Waals surface area contributed by atoms with Crippen LogP contribution in [0.25, 0.3) is 11.1 Å². The number of carboxylic acid groups (broad SMARTS) is 1. The summed E-state index contributed by atoms with van der Waals surface area (Å²) in [5.41, 5.74) is 5.47. The second kappa shape index (κ2) is 19.4. The molecule has 3 aliphatic rings. The molecule has 2 heterocycles. The van der Waals surface area contributed by atoms with Crippen LogP contribution in [-0.2, 0) is 37.0 Å². The van der Waals surface area contributed by atoms with Gasteiger partial charge in [0, 0.05) is 49.5 Å². The lowest BCUT2D eigenvalue weighted by Gasteiger charge is -2.50. The van der Waals surface area contributed by atoms with Crippen LogP contribution >= 0.6 is 0 Å². The molecule has 1 aliphatic carbocycles. The van der Waals surface area contributed by atoms with E-state index >= 15 is 0 Å². The van der Waals surface area contributed by atoms with Gasteiger partial charge in [0.1, 0.15) is 0 Å². The minimum absolute atomic E-state index is 0.0216. The summed E-state index contributed by atoms with van der Waals surface area (Å²) in [7, 11) is 0. The Labute approximate surface area is 332 Å². The highest BCUT2D eigenvalue weighted by atomic mass is 16.7. The maximum Gasteiger partial charge on any atom is 0.303 e. The number of aliphatic hydroxyl groups is 1. The molecule has 4 N–H and O–H groups in total. The van der Waals surface area contributed by atoms with Crippen molar-refractivity contribution < 1.29 is 34.1 Å². The molecule has 2 amide bonds. The lowest BCUT2D eigenvalue weighted by atomic mass is 9.75. The highest BCUT2D eigenvalue weighted by Gasteiger charge is 2.44. The number of rotatable bonds is 15. The molecule has 0 unspecified atom stereocenters. The van der Waals surface area contributed by atoms with Crippen LogP contribution in [0.2, 0.25) is 0 Å². The van der Waals surface area contributed by atoms with Gasteiger partial charge in [-0.2, -0.15) is 0 Å². The number of nitrogens with one attached hydrogen (secondary N) is 2. The van der Waals surface area contributed by atoms with Crippen LogP contribution in [-0.4, -0.2) is 63.2 Å². The number of fused-ring (bicyclic) bond motifs is 1. The van der Waals surface area contributed by atoms with Gasteiger partial charge in [-0.1, -0.05) is 79.9 Å². The minimum atomic E-state index is -0.806. The molecular weight excluding hydrogens is 707 g/mol. The smallest absolute Gasteiger partial charge is 0.303 e. The summed E-state index contributed by atoms with van der Waals surface area (Å²) in [5, 5.41) is 24.8. The van der Waals surface area contributed by atoms with Crippen LogP contribution in [0.5, 0.6) is 0 Å². The largest absolute Gasteiger partial charge is 0.481 e. The molecule has 10 heteroatoms. The first-order valence-corrected chi connectivity index (χ1v) is 20.7. The van der Waals surface area contributed by atoms with Crippen LogP contribution in [0.4, 0.5) is 0 Å². The number of aliphatic carboxylic acids is 1. The van der Waals surface area contributed by atoms with Crippen molar-refractivity contribution in [3.05, 3.63) is 95.1 Å². The summed E-state index contributed by atoms with van der Waals surface area (Å²) in [6, 6.07) is 24.5. The average molecular weight is 768 g/mol. The second-order valence-corrected chi connectivity index (χ2v) is 17.0. The van der Waals surface area contributed by atoms with E-state index in [-0.39, 0.29) is 48.6 Å². The molecule has 0 aromatic heterocycles. The second-order valence-electron chi connectivity index (χ2n) is 17.0. The Bertz CT molecular complexity index is 1770. The molecule has 2 saturated heterocycles. The number of nitrogens with zero attached hydrogens (tertiary/aromatic N) is 1. The minimum Gasteiger partial charge on any atom is -0.481 e. The number of hydrogen-bond donors (Lipinski definition) is 4. The molecule has 302 valence electrons. The molecule has 3 fully saturated rings. The van der Waals surface area contributed by atoms with Gasteiger partial charge in [-0.25, -0.2) is 0 Å². The van der Waals surface area contributed by atoms with E-state index in [9.17, 15) is 19.5 Å². The SMILES string of the molecule is CC(C)(C)NC(=O)[C@H]1CC[C@H]2CCCC[C@H]2N1C[C@H]1C[C@@H](c2ccc(CO)cc2)O[C@@H](c2cccc(-c3cccc(CNC(=O)CCCCCC(=O)O)c3)c2)O1. The van der Waals surface area contributed by atoms with Crippen molar-refractivity contribution in [3.8, 4) is 11.1 Å². The van der Waals surface area contributed by atoms with E-state index in [0.717, 1.165) is 52.6 Å². The first-order chi connectivity index (χ1) is 27.0. The Balaban J connectivity index is 1.20. The van der Waals surface area contributed by atoms with Crippen LogP contribution in [0.3, 0.4) is 0 Å². The Kier molecular flexibility index (Phi) is 14.4. The summed E-state index contributed by atoms with van der Waals surface area (Å²) in [6.07, 6.45) is 8.72. The predicted molar refractivity (Wildman–Crippen MR) is 216 cm³/mol. The van der Waals surface area contributed by atoms with Crippen LogP contribution < -0.4 is 10.6 Å². The zero-order valence-electron chi connectivity index (χ0n) is 33.4. The van der Waals surface area contributed by atoms with Crippen LogP contribution in [0.1, 0.15) is 132 Å². The lowest BCUT2D eigenvalue weighted by Crippen LogP contribution is -2.61. The Hall–Kier alpha value is -4.09. The number of carboxylic acids is 1. The zero-order valence-corrected chi connectivity index (χ0v) is 33.4. The van der Waals surface area contributed by atoms with Gasteiger partial charge < -0.3 is 30.3 Å². The number of carbonyl (C=O) groups excluding carboxylic acids is 2. The van der Waals surface area contributed by atoms with Crippen molar-refractivity contribution in [3.63, 3.8) is 0 Å². The highest BCUT2D eigenvalue weighted by Crippen LogP contribution is 2.42. The zero-order chi connectivity index (χ0) is 39.7. The van der Waals surface area contributed by atoms with E-state index in [1.54, 1.807) is 0 Å². The fourth-order valence-electron chi connectivity index (χ4n) is 8.75. The number of ether oxygens (including phenoxy) is 2. The van der Waals surface area contributed by atoms with Gasteiger partial charge >= 0.3 is 5.97 Å². The van der Waals surface area contributed by atoms with E-state index in [1.165, 1.54) is 19.3 Å². The van der Waals surface area contributed by atoms with Gasteiger partial charge in [-0.05, 0) is 105 Å². The van der Waals surface area contributed by atoms with Crippen molar-refractivity contribution in [1.82, 2.24) is 15.5 Å². The third kappa shape index (κ3) is 11.5. The Morgan fingerprint density at radius 3 is 2.29 bits per heavy atom. The topological polar surface area (TPSA) is 137 Å². The summed E-state index contributed by atoms with van der Waals surface area (Å²) in [6.45, 7) is 7.15. The summed E-state index contributed by atoms with van der Waals surface area (Å²) >= 11 is 0. The number of hydrogen-bond acceptors (Lipinski definition) is 7. The number of benzene rings is 3. The van der Waals surface area contributed by atoms with Gasteiger partial charge in [-0.3, -0.25) is 19.3 Å². The third-order valence-corrected chi connectivity index (χ3v) is 11.5. The van der Waals surface area contributed by atoms with Crippen molar-refractivity contribution in [2.75, 3.05) is 6.54 Å². The molecular formula is C46H61N3O7. The van der Waals surface area contributed by atoms with E-state index in [4.69, 9.17) is 14.6 Å². The molecule has 2 aliphatic heterocycles. The van der Waals surface area contributed by atoms with Gasteiger partial charge in [0.05, 0.1) is 24.9 Å². The summed E-state index contributed by atoms with van der Waals surface area (Å²) in [4.78, 5) is 39.6. The quantitative estimate of drug-likeness (QED) is 0.114. The summed E-state index contributed by atoms with van der Waals surface area (Å²) < 4.78 is 13.7. The number of likely N-dealkylation sites (tertiary alicyclic amines) is 1. The highest BCUT2D eigenvalue weighted by molar-refractivity contribution is 5.82.